The molecule has 0 bridgehead atoms. The minimum atomic E-state index is -5.08. The predicted molar refractivity (Wildman–Crippen MR) is 142 cm³/mol. The zero-order valence-electron chi connectivity index (χ0n) is 20.9. The van der Waals surface area contributed by atoms with E-state index in [-0.39, 0.29) is 18.2 Å². The van der Waals surface area contributed by atoms with Gasteiger partial charge in [-0.2, -0.15) is 13.2 Å². The summed E-state index contributed by atoms with van der Waals surface area (Å²) in [7, 11) is 0. The van der Waals surface area contributed by atoms with E-state index in [9.17, 15) is 27.9 Å². The molecule has 0 aliphatic rings. The van der Waals surface area contributed by atoms with E-state index in [4.69, 9.17) is 15.6 Å². The second-order valence-corrected chi connectivity index (χ2v) is 9.40. The zero-order chi connectivity index (χ0) is 29.0. The third kappa shape index (κ3) is 10.2. The highest BCUT2D eigenvalue weighted by Crippen LogP contribution is 2.36. The van der Waals surface area contributed by atoms with Gasteiger partial charge >= 0.3 is 18.1 Å². The number of amides is 1. The lowest BCUT2D eigenvalue weighted by molar-refractivity contribution is -0.192. The maximum atomic E-state index is 12.8. The Balaban J connectivity index is 0.000000673. The van der Waals surface area contributed by atoms with Crippen molar-refractivity contribution in [2.24, 2.45) is 10.7 Å². The Bertz CT molecular complexity index is 1220. The number of halogens is 3. The molecule has 1 aromatic heterocycles. The van der Waals surface area contributed by atoms with Crippen molar-refractivity contribution in [3.8, 4) is 0 Å². The van der Waals surface area contributed by atoms with Crippen molar-refractivity contribution in [3.05, 3.63) is 93.7 Å². The van der Waals surface area contributed by atoms with Crippen molar-refractivity contribution in [1.82, 2.24) is 5.32 Å². The highest BCUT2D eigenvalue weighted by molar-refractivity contribution is 7.14. The van der Waals surface area contributed by atoms with Gasteiger partial charge in [-0.15, -0.1) is 11.3 Å². The monoisotopic (exact) mass is 563 g/mol. The van der Waals surface area contributed by atoms with Crippen LogP contribution in [0.4, 0.5) is 13.2 Å². The van der Waals surface area contributed by atoms with Crippen LogP contribution in [0.15, 0.2) is 77.8 Å². The number of thiophene rings is 1. The molecular weight excluding hydrogens is 535 g/mol. The Morgan fingerprint density at radius 1 is 0.949 bits per heavy atom. The van der Waals surface area contributed by atoms with Crippen LogP contribution in [0.2, 0.25) is 0 Å². The van der Waals surface area contributed by atoms with Crippen molar-refractivity contribution < 1.29 is 37.8 Å². The van der Waals surface area contributed by atoms with E-state index < -0.39 is 24.2 Å². The van der Waals surface area contributed by atoms with Crippen LogP contribution in [0.25, 0.3) is 0 Å². The Labute approximate surface area is 227 Å². The van der Waals surface area contributed by atoms with Gasteiger partial charge < -0.3 is 21.3 Å². The van der Waals surface area contributed by atoms with Gasteiger partial charge in [0, 0.05) is 17.3 Å². The van der Waals surface area contributed by atoms with Crippen LogP contribution in [-0.4, -0.2) is 52.7 Å². The molecule has 0 aliphatic carbocycles. The smallest absolute Gasteiger partial charge is 0.480 e. The molecule has 0 radical (unpaired) electrons. The van der Waals surface area contributed by atoms with E-state index in [1.807, 2.05) is 42.5 Å². The molecule has 3 aromatic rings. The summed E-state index contributed by atoms with van der Waals surface area (Å²) in [5.74, 6) is -3.75. The molecular formula is C27H28F3N3O5S. The summed E-state index contributed by atoms with van der Waals surface area (Å²) in [4.78, 5) is 38.9. The number of aliphatic imine (C=N–C) groups is 1. The Morgan fingerprint density at radius 3 is 1.90 bits per heavy atom. The zero-order valence-corrected chi connectivity index (χ0v) is 21.7. The molecule has 3 rings (SSSR count). The number of nitrogens with two attached hydrogens (primary N) is 1. The number of rotatable bonds is 10. The van der Waals surface area contributed by atoms with Gasteiger partial charge in [0.15, 0.2) is 0 Å². The molecule has 12 heteroatoms. The number of nitrogens with zero attached hydrogens (tertiary/aromatic N) is 1. The predicted octanol–water partition coefficient (Wildman–Crippen LogP) is 4.90. The summed E-state index contributed by atoms with van der Waals surface area (Å²) in [6.07, 6.45) is -4.28. The number of carbonyl (C=O) groups excluding carboxylic acids is 1. The molecule has 0 spiro atoms. The van der Waals surface area contributed by atoms with Crippen LogP contribution < -0.4 is 11.1 Å². The van der Waals surface area contributed by atoms with Crippen LogP contribution in [-0.2, 0) is 9.59 Å². The first-order valence-electron chi connectivity index (χ1n) is 11.7. The number of aliphatic carboxylic acids is 2. The number of amidine groups is 1. The van der Waals surface area contributed by atoms with Crippen molar-refractivity contribution in [2.45, 2.75) is 37.9 Å². The van der Waals surface area contributed by atoms with Crippen molar-refractivity contribution >= 4 is 35.0 Å². The summed E-state index contributed by atoms with van der Waals surface area (Å²) in [6.45, 7) is 2.12. The van der Waals surface area contributed by atoms with E-state index in [0.29, 0.717) is 23.7 Å². The molecule has 0 aliphatic heterocycles. The van der Waals surface area contributed by atoms with Gasteiger partial charge in [-0.1, -0.05) is 60.7 Å². The molecule has 8 nitrogen and oxygen atoms in total. The third-order valence-corrected chi connectivity index (χ3v) is 6.41. The van der Waals surface area contributed by atoms with Crippen LogP contribution in [0.1, 0.15) is 51.4 Å². The van der Waals surface area contributed by atoms with Gasteiger partial charge in [0.05, 0.1) is 10.7 Å². The van der Waals surface area contributed by atoms with Crippen LogP contribution >= 0.6 is 11.3 Å². The molecule has 0 fully saturated rings. The van der Waals surface area contributed by atoms with Crippen LogP contribution in [0.3, 0.4) is 0 Å². The van der Waals surface area contributed by atoms with Gasteiger partial charge in [0.1, 0.15) is 6.04 Å². The van der Waals surface area contributed by atoms with Gasteiger partial charge in [0.25, 0.3) is 5.91 Å². The largest absolute Gasteiger partial charge is 0.490 e. The van der Waals surface area contributed by atoms with E-state index in [1.54, 1.807) is 13.0 Å². The van der Waals surface area contributed by atoms with Crippen molar-refractivity contribution in [3.63, 3.8) is 0 Å². The Morgan fingerprint density at radius 2 is 1.46 bits per heavy atom. The first kappa shape index (κ1) is 31.0. The molecule has 0 saturated carbocycles. The van der Waals surface area contributed by atoms with E-state index >= 15 is 0 Å². The molecule has 0 unspecified atom stereocenters. The summed E-state index contributed by atoms with van der Waals surface area (Å²) >= 11 is 1.38. The first-order valence-corrected chi connectivity index (χ1v) is 12.5. The topological polar surface area (TPSA) is 142 Å². The van der Waals surface area contributed by atoms with Crippen molar-refractivity contribution in [2.75, 3.05) is 6.54 Å². The fourth-order valence-electron chi connectivity index (χ4n) is 3.48. The van der Waals surface area contributed by atoms with Gasteiger partial charge in [-0.05, 0) is 43.0 Å². The molecule has 5 N–H and O–H groups in total. The molecule has 39 heavy (non-hydrogen) atoms. The number of hydrogen-bond acceptors (Lipinski definition) is 5. The fraction of sp³-hybridized carbons (Fsp3) is 0.259. The molecule has 1 heterocycles. The second kappa shape index (κ2) is 14.7. The van der Waals surface area contributed by atoms with E-state index in [2.05, 4.69) is 34.6 Å². The average molecular weight is 564 g/mol. The summed E-state index contributed by atoms with van der Waals surface area (Å²) in [5.41, 5.74) is 7.76. The second-order valence-electron chi connectivity index (χ2n) is 8.29. The van der Waals surface area contributed by atoms with Crippen LogP contribution in [0, 0.1) is 0 Å². The highest BCUT2D eigenvalue weighted by atomic mass is 32.1. The number of nitrogens with one attached hydrogen (secondary N) is 1. The van der Waals surface area contributed by atoms with Gasteiger partial charge in [0.2, 0.25) is 0 Å². The van der Waals surface area contributed by atoms with Gasteiger partial charge in [-0.25, -0.2) is 9.59 Å². The lowest BCUT2D eigenvalue weighted by Crippen LogP contribution is -2.40. The SMILES string of the molecule is CC(N)=NCCC[C@H](NC(=O)c1ccc(C(c2ccccc2)c2ccccc2)s1)C(=O)O.O=C(O)C(F)(F)F. The first-order chi connectivity index (χ1) is 18.4. The standard InChI is InChI=1S/C25H27N3O3S.C2HF3O2/c1-17(26)27-16-8-13-20(25(30)31)28-24(29)22-15-14-21(32-22)23(18-9-4-2-5-10-18)19-11-6-3-7-12-19;3-2(4,5)1(6)7/h2-7,9-12,14-15,20,23H,8,13,16H2,1H3,(H2,26,27)(H,28,29)(H,30,31);(H,6,7)/t20-;/m0./s1. The Kier molecular flexibility index (Phi) is 11.7. The molecule has 208 valence electrons. The normalized spacial score (nSPS) is 12.3. The summed E-state index contributed by atoms with van der Waals surface area (Å²) in [5, 5.41) is 19.3. The van der Waals surface area contributed by atoms with E-state index in [0.717, 1.165) is 16.0 Å². The molecule has 1 amide bonds. The lowest BCUT2D eigenvalue weighted by Gasteiger charge is -2.17. The van der Waals surface area contributed by atoms with E-state index in [1.165, 1.54) is 11.3 Å². The number of carboxylic acid groups (broad SMARTS) is 2. The minimum Gasteiger partial charge on any atom is -0.480 e. The lowest BCUT2D eigenvalue weighted by atomic mass is 9.90. The molecule has 0 saturated heterocycles. The minimum absolute atomic E-state index is 0.00316. The number of benzene rings is 2. The molecule has 1 atom stereocenters. The van der Waals surface area contributed by atoms with Gasteiger partial charge in [-0.3, -0.25) is 9.79 Å². The third-order valence-electron chi connectivity index (χ3n) is 5.26. The maximum Gasteiger partial charge on any atom is 0.490 e. The quantitative estimate of drug-likeness (QED) is 0.157. The Hall–Kier alpha value is -4.19. The van der Waals surface area contributed by atoms with Crippen LogP contribution in [0.5, 0.6) is 0 Å². The van der Waals surface area contributed by atoms with Crippen molar-refractivity contribution in [1.29, 1.82) is 0 Å². The molecule has 2 aromatic carbocycles. The number of carboxylic acids is 2. The fourth-order valence-corrected chi connectivity index (χ4v) is 4.55. The summed E-state index contributed by atoms with van der Waals surface area (Å²) < 4.78 is 31.7. The highest BCUT2D eigenvalue weighted by Gasteiger charge is 2.38. The number of alkyl halides is 3. The maximum absolute atomic E-state index is 12.8. The average Bonchev–Trinajstić information content (AvgIpc) is 3.36. The summed E-state index contributed by atoms with van der Waals surface area (Å²) in [6, 6.07) is 23.0. The number of hydrogen-bond donors (Lipinski definition) is 4. The number of carbonyl (C=O) groups is 3.